The molecule has 326 valence electrons. The lowest BCUT2D eigenvalue weighted by Gasteiger charge is -2.43. The van der Waals surface area contributed by atoms with E-state index in [1.54, 1.807) is 0 Å². The zero-order valence-electron chi connectivity index (χ0n) is 39.6. The van der Waals surface area contributed by atoms with E-state index < -0.39 is 6.15 Å². The van der Waals surface area contributed by atoms with Crippen molar-refractivity contribution >= 4 is 39.6 Å². The smallest absolute Gasteiger partial charge is 0.209 e. The molecule has 0 saturated heterocycles. The summed E-state index contributed by atoms with van der Waals surface area (Å²) in [5, 5.41) is 0. The molecule has 0 saturated carbocycles. The van der Waals surface area contributed by atoms with Crippen molar-refractivity contribution in [2.24, 2.45) is 0 Å². The fraction of sp³-hybridized carbons (Fsp3) is 0.407. The fourth-order valence-corrected chi connectivity index (χ4v) is 10.7. The topological polar surface area (TPSA) is 6.25 Å². The Balaban J connectivity index is 0.000000236. The summed E-state index contributed by atoms with van der Waals surface area (Å²) in [6.07, 6.45) is 23.0. The summed E-state index contributed by atoms with van der Waals surface area (Å²) >= 11 is 0. The molecule has 0 aliphatic carbocycles. The van der Waals surface area contributed by atoms with Crippen LogP contribution in [-0.2, 0) is 10.8 Å². The molecule has 7 rings (SSSR count). The van der Waals surface area contributed by atoms with Crippen LogP contribution in [-0.4, -0.2) is 29.5 Å². The summed E-state index contributed by atoms with van der Waals surface area (Å²) < 4.78 is 2.61. The molecule has 0 bridgehead atoms. The summed E-state index contributed by atoms with van der Waals surface area (Å²) in [5.41, 5.74) is 12.9. The molecule has 2 nitrogen and oxygen atoms in total. The number of nitrogens with zero attached hydrogens (tertiary/aromatic N) is 2. The first-order chi connectivity index (χ1) is 30.2. The summed E-state index contributed by atoms with van der Waals surface area (Å²) in [6.45, 7) is 18.7. The highest BCUT2D eigenvalue weighted by atomic mass is 15.2. The van der Waals surface area contributed by atoms with E-state index >= 15 is 0 Å². The Morgan fingerprint density at radius 1 is 0.500 bits per heavy atom. The van der Waals surface area contributed by atoms with Gasteiger partial charge in [-0.05, 0) is 44.4 Å². The summed E-state index contributed by atoms with van der Waals surface area (Å²) in [4.78, 5) is 2.61. The summed E-state index contributed by atoms with van der Waals surface area (Å²) in [7, 11) is 0. The van der Waals surface area contributed by atoms with Crippen LogP contribution >= 0.6 is 0 Å². The second-order valence-electron chi connectivity index (χ2n) is 19.1. The molecule has 0 N–H and O–H groups in total. The van der Waals surface area contributed by atoms with Crippen LogP contribution in [0.25, 0.3) is 0 Å². The molecule has 5 aromatic rings. The van der Waals surface area contributed by atoms with E-state index in [4.69, 9.17) is 0 Å². The minimum Gasteiger partial charge on any atom is -0.344 e. The average molecular weight is 825 g/mol. The first kappa shape index (κ1) is 46.6. The van der Waals surface area contributed by atoms with Gasteiger partial charge in [-0.2, -0.15) is 27.3 Å². The zero-order chi connectivity index (χ0) is 43.8. The van der Waals surface area contributed by atoms with Crippen molar-refractivity contribution in [3.05, 3.63) is 175 Å². The molecule has 0 amide bonds. The van der Waals surface area contributed by atoms with Crippen LogP contribution < -0.4 is 21.3 Å². The Morgan fingerprint density at radius 2 is 0.984 bits per heavy atom. The molecule has 5 aromatic carbocycles. The summed E-state index contributed by atoms with van der Waals surface area (Å²) in [5.74, 6) is 0. The Bertz CT molecular complexity index is 2120. The van der Waals surface area contributed by atoms with Crippen LogP contribution in [0.2, 0.25) is 6.32 Å². The maximum Gasteiger partial charge on any atom is 0.209 e. The Hall–Kier alpha value is -4.89. The van der Waals surface area contributed by atoms with Gasteiger partial charge in [0.05, 0.1) is 11.6 Å². The van der Waals surface area contributed by atoms with Crippen molar-refractivity contribution in [1.29, 1.82) is 0 Å². The molecular weight excluding hydrogens is 747 g/mol. The van der Waals surface area contributed by atoms with E-state index in [1.165, 1.54) is 134 Å². The highest BCUT2D eigenvalue weighted by molar-refractivity contribution is 7.11. The van der Waals surface area contributed by atoms with E-state index in [1.807, 2.05) is 0 Å². The number of fused-ring (bicyclic) bond motifs is 2. The molecule has 3 heteroatoms. The van der Waals surface area contributed by atoms with Gasteiger partial charge in [0.2, 0.25) is 5.69 Å². The number of allylic oxidation sites excluding steroid dienone is 4. The largest absolute Gasteiger partial charge is 0.344 e. The van der Waals surface area contributed by atoms with Crippen LogP contribution in [0.4, 0.5) is 11.4 Å². The van der Waals surface area contributed by atoms with Gasteiger partial charge in [0.15, 0.2) is 5.71 Å². The minimum atomic E-state index is -0.913. The molecule has 0 unspecified atom stereocenters. The van der Waals surface area contributed by atoms with Crippen LogP contribution in [0.1, 0.15) is 137 Å². The van der Waals surface area contributed by atoms with Gasteiger partial charge >= 0.3 is 0 Å². The second-order valence-corrected chi connectivity index (χ2v) is 19.1. The normalized spacial score (nSPS) is 15.8. The number of anilines is 1. The van der Waals surface area contributed by atoms with Crippen molar-refractivity contribution in [2.45, 2.75) is 143 Å². The number of para-hydroxylation sites is 2. The third-order valence-electron chi connectivity index (χ3n) is 14.2. The molecule has 62 heavy (non-hydrogen) atoms. The van der Waals surface area contributed by atoms with Gasteiger partial charge in [0.1, 0.15) is 6.54 Å². The monoisotopic (exact) mass is 825 g/mol. The number of unbranched alkanes of at least 4 members (excludes halogenated alkanes) is 9. The highest BCUT2D eigenvalue weighted by Crippen LogP contribution is 2.48. The molecule has 2 heterocycles. The first-order valence-electron chi connectivity index (χ1n) is 24.6. The number of benzene rings is 5. The van der Waals surface area contributed by atoms with E-state index in [0.717, 1.165) is 13.1 Å². The van der Waals surface area contributed by atoms with Crippen molar-refractivity contribution in [1.82, 2.24) is 0 Å². The molecular formula is C59H77BN2. The Labute approximate surface area is 377 Å². The highest BCUT2D eigenvalue weighted by Gasteiger charge is 2.44. The fourth-order valence-electron chi connectivity index (χ4n) is 10.7. The predicted molar refractivity (Wildman–Crippen MR) is 275 cm³/mol. The molecule has 0 fully saturated rings. The van der Waals surface area contributed by atoms with Crippen molar-refractivity contribution < 1.29 is 4.58 Å². The lowest BCUT2D eigenvalue weighted by atomic mass is 9.14. The number of rotatable bonds is 20. The van der Waals surface area contributed by atoms with E-state index in [0.29, 0.717) is 0 Å². The standard InChI is InChI=1S/C37H53N2.C22H24B/c1-7-9-11-13-19-28-38-32-24-17-15-22-30(32)36(3,4)34(38)26-21-27-35-37(5,6)31-23-16-18-25-33(31)39(35)29-20-14-12-10-8-2;1-2-3-19-23(20-13-7-4-8-14-20,21-15-9-5-10-16-21)22-17-11-6-12-18-22/h15-18,21-27H,7-14,19-20,28-29H2,1-6H3;4-18H,2-3,19H2,1H3/q+1;-1. The minimum absolute atomic E-state index is 0.00212. The second kappa shape index (κ2) is 22.5. The van der Waals surface area contributed by atoms with Crippen LogP contribution in [0.5, 0.6) is 0 Å². The Morgan fingerprint density at radius 3 is 1.55 bits per heavy atom. The van der Waals surface area contributed by atoms with E-state index in [2.05, 4.69) is 216 Å². The molecule has 0 radical (unpaired) electrons. The first-order valence-corrected chi connectivity index (χ1v) is 24.6. The van der Waals surface area contributed by atoms with Gasteiger partial charge in [-0.25, -0.2) is 0 Å². The van der Waals surface area contributed by atoms with Crippen molar-refractivity contribution in [3.63, 3.8) is 0 Å². The van der Waals surface area contributed by atoms with Gasteiger partial charge in [0.25, 0.3) is 0 Å². The summed E-state index contributed by atoms with van der Waals surface area (Å²) in [6, 6.07) is 51.3. The van der Waals surface area contributed by atoms with Gasteiger partial charge in [-0.15, -0.1) is 0 Å². The van der Waals surface area contributed by atoms with Gasteiger partial charge in [0, 0.05) is 47.5 Å². The molecule has 0 atom stereocenters. The van der Waals surface area contributed by atoms with Crippen molar-refractivity contribution in [2.75, 3.05) is 18.0 Å². The van der Waals surface area contributed by atoms with E-state index in [-0.39, 0.29) is 10.8 Å². The SMILES string of the molecule is CCCCCCCN1/C(=C\C=C\C2=[N+](CCCCCCC)c3ccccc3C2(C)C)C(C)(C)c2ccccc21.CCCC[B-](c1ccccc1)(c1ccccc1)c1ccccc1. The van der Waals surface area contributed by atoms with Gasteiger partial charge in [-0.3, -0.25) is 0 Å². The third-order valence-corrected chi connectivity index (χ3v) is 14.2. The average Bonchev–Trinajstić information content (AvgIpc) is 3.65. The molecule has 0 aromatic heterocycles. The zero-order valence-corrected chi connectivity index (χ0v) is 39.6. The number of hydrogen-bond donors (Lipinski definition) is 0. The molecule has 0 spiro atoms. The number of hydrogen-bond acceptors (Lipinski definition) is 1. The van der Waals surface area contributed by atoms with Crippen molar-refractivity contribution in [3.8, 4) is 0 Å². The van der Waals surface area contributed by atoms with Crippen LogP contribution in [0.15, 0.2) is 163 Å². The molecule has 2 aliphatic heterocycles. The lowest BCUT2D eigenvalue weighted by molar-refractivity contribution is -0.438. The maximum absolute atomic E-state index is 2.61. The van der Waals surface area contributed by atoms with Gasteiger partial charge in [-0.1, -0.05) is 226 Å². The quantitative estimate of drug-likeness (QED) is 0.0430. The lowest BCUT2D eigenvalue weighted by Crippen LogP contribution is -2.66. The maximum atomic E-state index is 2.61. The van der Waals surface area contributed by atoms with Crippen LogP contribution in [0, 0.1) is 0 Å². The third kappa shape index (κ3) is 10.5. The van der Waals surface area contributed by atoms with Gasteiger partial charge < -0.3 is 4.90 Å². The molecule has 2 aliphatic rings. The predicted octanol–water partition coefficient (Wildman–Crippen LogP) is 14.2. The van der Waals surface area contributed by atoms with Crippen LogP contribution in [0.3, 0.4) is 0 Å². The van der Waals surface area contributed by atoms with E-state index in [9.17, 15) is 0 Å². The Kier molecular flexibility index (Phi) is 16.9.